The minimum Gasteiger partial charge on any atom is -0.340 e. The van der Waals surface area contributed by atoms with E-state index in [0.29, 0.717) is 13.0 Å². The molecule has 0 radical (unpaired) electrons. The predicted molar refractivity (Wildman–Crippen MR) is 109 cm³/mol. The van der Waals surface area contributed by atoms with Crippen LogP contribution >= 0.6 is 0 Å². The molecule has 0 aromatic heterocycles. The molecule has 6 nitrogen and oxygen atoms in total. The Morgan fingerprint density at radius 2 is 1.79 bits per heavy atom. The van der Waals surface area contributed by atoms with Gasteiger partial charge in [0.1, 0.15) is 12.1 Å². The second-order valence-electron chi connectivity index (χ2n) is 7.80. The molecule has 4 rings (SSSR count). The van der Waals surface area contributed by atoms with Crippen molar-refractivity contribution in [2.75, 3.05) is 13.6 Å². The number of aryl methyl sites for hydroxylation is 2. The number of hydrogen-bond donors (Lipinski definition) is 1. The first kappa shape index (κ1) is 19.2. The van der Waals surface area contributed by atoms with Gasteiger partial charge in [0.15, 0.2) is 0 Å². The van der Waals surface area contributed by atoms with Crippen LogP contribution in [0.2, 0.25) is 0 Å². The van der Waals surface area contributed by atoms with Crippen LogP contribution in [-0.4, -0.2) is 41.2 Å². The molecule has 1 unspecified atom stereocenters. The summed E-state index contributed by atoms with van der Waals surface area (Å²) in [7, 11) is 1.69. The van der Waals surface area contributed by atoms with E-state index in [9.17, 15) is 14.4 Å². The summed E-state index contributed by atoms with van der Waals surface area (Å²) in [5, 5.41) is 2.86. The molecule has 2 aliphatic rings. The minimum absolute atomic E-state index is 0.252. The van der Waals surface area contributed by atoms with Crippen LogP contribution in [0.5, 0.6) is 0 Å². The zero-order valence-corrected chi connectivity index (χ0v) is 16.8. The number of imide groups is 1. The number of amides is 4. The number of rotatable bonds is 5. The molecule has 1 saturated heterocycles. The first-order chi connectivity index (χ1) is 13.9. The number of nitrogens with zero attached hydrogens (tertiary/aromatic N) is 2. The lowest BCUT2D eigenvalue weighted by atomic mass is 9.92. The van der Waals surface area contributed by atoms with E-state index < -0.39 is 11.6 Å². The molecule has 150 valence electrons. The van der Waals surface area contributed by atoms with E-state index in [1.165, 1.54) is 5.56 Å². The average Bonchev–Trinajstić information content (AvgIpc) is 3.22. The summed E-state index contributed by atoms with van der Waals surface area (Å²) in [6.45, 7) is 2.27. The first-order valence-corrected chi connectivity index (χ1v) is 9.99. The fourth-order valence-electron chi connectivity index (χ4n) is 4.23. The zero-order valence-electron chi connectivity index (χ0n) is 16.8. The molecule has 1 spiro atoms. The number of likely N-dealkylation sites (N-methyl/N-ethyl adjacent to an activating group) is 1. The zero-order chi connectivity index (χ0) is 20.6. The molecule has 2 aromatic carbocycles. The van der Waals surface area contributed by atoms with Gasteiger partial charge in [-0.15, -0.1) is 0 Å². The van der Waals surface area contributed by atoms with Crippen molar-refractivity contribution in [3.05, 3.63) is 70.8 Å². The van der Waals surface area contributed by atoms with E-state index in [-0.39, 0.29) is 18.4 Å². The lowest BCUT2D eigenvalue weighted by Gasteiger charge is -2.23. The van der Waals surface area contributed by atoms with E-state index >= 15 is 0 Å². The van der Waals surface area contributed by atoms with Gasteiger partial charge in [0, 0.05) is 13.6 Å². The van der Waals surface area contributed by atoms with Gasteiger partial charge < -0.3 is 10.2 Å². The van der Waals surface area contributed by atoms with Crippen molar-refractivity contribution in [1.29, 1.82) is 0 Å². The summed E-state index contributed by atoms with van der Waals surface area (Å²) in [5.74, 6) is -0.599. The third-order valence-electron chi connectivity index (χ3n) is 5.99. The molecule has 1 atom stereocenters. The van der Waals surface area contributed by atoms with Crippen molar-refractivity contribution in [3.63, 3.8) is 0 Å². The number of fused-ring (bicyclic) bond motifs is 2. The molecule has 0 saturated carbocycles. The smallest absolute Gasteiger partial charge is 0.325 e. The van der Waals surface area contributed by atoms with Gasteiger partial charge in [0.25, 0.3) is 5.91 Å². The standard InChI is InChI=1S/C23H25N3O3/c1-3-16-8-10-17(11-9-16)14-25(2)20(27)15-26-21(28)23(24-22(26)29)13-12-18-6-4-5-7-19(18)23/h4-11H,3,12-15H2,1-2H3,(H,24,29). The minimum atomic E-state index is -1.03. The van der Waals surface area contributed by atoms with E-state index in [4.69, 9.17) is 0 Å². The molecule has 1 heterocycles. The highest BCUT2D eigenvalue weighted by molar-refractivity contribution is 6.09. The molecular weight excluding hydrogens is 366 g/mol. The van der Waals surface area contributed by atoms with Crippen LogP contribution in [-0.2, 0) is 34.5 Å². The van der Waals surface area contributed by atoms with Crippen molar-refractivity contribution >= 4 is 17.8 Å². The maximum atomic E-state index is 13.2. The number of carbonyl (C=O) groups is 3. The van der Waals surface area contributed by atoms with Gasteiger partial charge in [-0.25, -0.2) is 4.79 Å². The number of hydrogen-bond acceptors (Lipinski definition) is 3. The average molecular weight is 391 g/mol. The molecule has 1 aliphatic heterocycles. The molecule has 4 amide bonds. The van der Waals surface area contributed by atoms with Crippen LogP contribution in [0.3, 0.4) is 0 Å². The normalized spacial score (nSPS) is 20.1. The van der Waals surface area contributed by atoms with Gasteiger partial charge in [0.2, 0.25) is 5.91 Å². The van der Waals surface area contributed by atoms with Crippen molar-refractivity contribution in [3.8, 4) is 0 Å². The van der Waals surface area contributed by atoms with Gasteiger partial charge in [-0.1, -0.05) is 55.5 Å². The highest BCUT2D eigenvalue weighted by Gasteiger charge is 2.55. The van der Waals surface area contributed by atoms with Crippen LogP contribution in [0, 0.1) is 0 Å². The summed E-state index contributed by atoms with van der Waals surface area (Å²) < 4.78 is 0. The molecule has 29 heavy (non-hydrogen) atoms. The SMILES string of the molecule is CCc1ccc(CN(C)C(=O)CN2C(=O)NC3(CCc4ccccc43)C2=O)cc1. The Bertz CT molecular complexity index is 970. The van der Waals surface area contributed by atoms with Crippen molar-refractivity contribution in [2.45, 2.75) is 38.3 Å². The number of nitrogens with one attached hydrogen (secondary N) is 1. The van der Waals surface area contributed by atoms with Crippen molar-refractivity contribution in [2.24, 2.45) is 0 Å². The summed E-state index contributed by atoms with van der Waals surface area (Å²) >= 11 is 0. The fraction of sp³-hybridized carbons (Fsp3) is 0.348. The van der Waals surface area contributed by atoms with Crippen molar-refractivity contribution in [1.82, 2.24) is 15.1 Å². The number of urea groups is 1. The van der Waals surface area contributed by atoms with E-state index in [0.717, 1.165) is 34.4 Å². The molecule has 0 bridgehead atoms. The summed E-state index contributed by atoms with van der Waals surface area (Å²) in [6.07, 6.45) is 2.23. The lowest BCUT2D eigenvalue weighted by Crippen LogP contribution is -2.44. The Kier molecular flexibility index (Phi) is 4.86. The topological polar surface area (TPSA) is 69.7 Å². The highest BCUT2D eigenvalue weighted by atomic mass is 16.2. The van der Waals surface area contributed by atoms with E-state index in [1.54, 1.807) is 11.9 Å². The Balaban J connectivity index is 1.46. The Morgan fingerprint density at radius 3 is 2.52 bits per heavy atom. The van der Waals surface area contributed by atoms with Gasteiger partial charge in [-0.05, 0) is 41.5 Å². The third kappa shape index (κ3) is 3.28. The lowest BCUT2D eigenvalue weighted by molar-refractivity contribution is -0.138. The maximum absolute atomic E-state index is 13.2. The van der Waals surface area contributed by atoms with Crippen LogP contribution in [0.1, 0.15) is 35.6 Å². The summed E-state index contributed by atoms with van der Waals surface area (Å²) in [6, 6.07) is 15.3. The maximum Gasteiger partial charge on any atom is 0.325 e. The molecule has 1 N–H and O–H groups in total. The van der Waals surface area contributed by atoms with Crippen LogP contribution in [0.25, 0.3) is 0 Å². The quantitative estimate of drug-likeness (QED) is 0.797. The molecule has 1 fully saturated rings. The van der Waals surface area contributed by atoms with Crippen LogP contribution < -0.4 is 5.32 Å². The largest absolute Gasteiger partial charge is 0.340 e. The number of carbonyl (C=O) groups excluding carboxylic acids is 3. The second kappa shape index (κ2) is 7.35. The molecule has 1 aliphatic carbocycles. The summed E-state index contributed by atoms with van der Waals surface area (Å²) in [4.78, 5) is 41.1. The fourth-order valence-corrected chi connectivity index (χ4v) is 4.23. The second-order valence-corrected chi connectivity index (χ2v) is 7.80. The number of benzene rings is 2. The monoisotopic (exact) mass is 391 g/mol. The molecular formula is C23H25N3O3. The Morgan fingerprint density at radius 1 is 1.10 bits per heavy atom. The Labute approximate surface area is 170 Å². The highest BCUT2D eigenvalue weighted by Crippen LogP contribution is 2.41. The van der Waals surface area contributed by atoms with Gasteiger partial charge in [0.05, 0.1) is 0 Å². The summed E-state index contributed by atoms with van der Waals surface area (Å²) in [5.41, 5.74) is 3.14. The van der Waals surface area contributed by atoms with Gasteiger partial charge in [-0.2, -0.15) is 0 Å². The molecule has 6 heteroatoms. The van der Waals surface area contributed by atoms with Gasteiger partial charge in [-0.3, -0.25) is 14.5 Å². The predicted octanol–water partition coefficient (Wildman–Crippen LogP) is 2.60. The van der Waals surface area contributed by atoms with E-state index in [2.05, 4.69) is 12.2 Å². The van der Waals surface area contributed by atoms with Crippen LogP contribution in [0.4, 0.5) is 4.79 Å². The third-order valence-corrected chi connectivity index (χ3v) is 5.99. The Hall–Kier alpha value is -3.15. The first-order valence-electron chi connectivity index (χ1n) is 9.99. The van der Waals surface area contributed by atoms with Crippen LogP contribution in [0.15, 0.2) is 48.5 Å². The van der Waals surface area contributed by atoms with E-state index in [1.807, 2.05) is 48.5 Å². The van der Waals surface area contributed by atoms with Crippen molar-refractivity contribution < 1.29 is 14.4 Å². The van der Waals surface area contributed by atoms with Gasteiger partial charge >= 0.3 is 6.03 Å². The molecule has 2 aromatic rings.